The summed E-state index contributed by atoms with van der Waals surface area (Å²) < 4.78 is 0. The van der Waals surface area contributed by atoms with E-state index in [1.807, 2.05) is 0 Å². The number of hydrogen-bond acceptors (Lipinski definition) is 2. The van der Waals surface area contributed by atoms with Crippen LogP contribution in [-0.2, 0) is 15.0 Å². The number of carbonyl (C=O) groups excluding carboxylic acids is 1. The van der Waals surface area contributed by atoms with Crippen molar-refractivity contribution < 1.29 is 14.7 Å². The standard InChI is InChI=1S/C17H19Cl2NO3/c1-16(4-5-16)9-13(14(21)22)20-15(23)17(6-7-17)11-3-2-10(18)8-12(11)19/h2-3,8,13H,4-7,9H2,1H3,(H,20,23)(H,21,22)/t13-/m0/s1. The lowest BCUT2D eigenvalue weighted by Crippen LogP contribution is -2.46. The Labute approximate surface area is 145 Å². The first kappa shape index (κ1) is 16.6. The van der Waals surface area contributed by atoms with Crippen LogP contribution in [0.5, 0.6) is 0 Å². The minimum Gasteiger partial charge on any atom is -0.480 e. The third-order valence-electron chi connectivity index (χ3n) is 5.04. The van der Waals surface area contributed by atoms with E-state index in [9.17, 15) is 14.7 Å². The van der Waals surface area contributed by atoms with Crippen molar-refractivity contribution in [2.75, 3.05) is 0 Å². The minimum absolute atomic E-state index is 0.0466. The van der Waals surface area contributed by atoms with Crippen LogP contribution < -0.4 is 5.32 Å². The van der Waals surface area contributed by atoms with Crippen molar-refractivity contribution in [3.05, 3.63) is 33.8 Å². The van der Waals surface area contributed by atoms with E-state index in [-0.39, 0.29) is 11.3 Å². The van der Waals surface area contributed by atoms with Crippen molar-refractivity contribution in [1.29, 1.82) is 0 Å². The maximum absolute atomic E-state index is 12.7. The van der Waals surface area contributed by atoms with Gasteiger partial charge in [-0.05, 0) is 55.2 Å². The molecule has 6 heteroatoms. The fraction of sp³-hybridized carbons (Fsp3) is 0.529. The number of aliphatic carboxylic acids is 1. The zero-order chi connectivity index (χ0) is 16.8. The summed E-state index contributed by atoms with van der Waals surface area (Å²) in [4.78, 5) is 24.2. The number of halogens is 2. The van der Waals surface area contributed by atoms with Gasteiger partial charge in [0.2, 0.25) is 5.91 Å². The van der Waals surface area contributed by atoms with Crippen LogP contribution in [-0.4, -0.2) is 23.0 Å². The van der Waals surface area contributed by atoms with E-state index in [0.717, 1.165) is 18.4 Å². The molecule has 2 N–H and O–H groups in total. The molecule has 0 spiro atoms. The van der Waals surface area contributed by atoms with Gasteiger partial charge in [0.15, 0.2) is 0 Å². The van der Waals surface area contributed by atoms with E-state index in [1.165, 1.54) is 0 Å². The van der Waals surface area contributed by atoms with Crippen LogP contribution in [0.15, 0.2) is 18.2 Å². The van der Waals surface area contributed by atoms with Crippen LogP contribution >= 0.6 is 23.2 Å². The SMILES string of the molecule is CC1(C[C@H](NC(=O)C2(c3ccc(Cl)cc3Cl)CC2)C(=O)O)CC1. The second kappa shape index (κ2) is 5.67. The van der Waals surface area contributed by atoms with Crippen molar-refractivity contribution in [3.63, 3.8) is 0 Å². The number of benzene rings is 1. The summed E-state index contributed by atoms with van der Waals surface area (Å²) >= 11 is 12.1. The van der Waals surface area contributed by atoms with Gasteiger partial charge in [-0.1, -0.05) is 36.2 Å². The lowest BCUT2D eigenvalue weighted by molar-refractivity contribution is -0.142. The first-order chi connectivity index (χ1) is 10.8. The molecule has 0 heterocycles. The van der Waals surface area contributed by atoms with Gasteiger partial charge in [0, 0.05) is 10.0 Å². The topological polar surface area (TPSA) is 66.4 Å². The summed E-state index contributed by atoms with van der Waals surface area (Å²) in [6, 6.07) is 4.23. The molecule has 0 aliphatic heterocycles. The Morgan fingerprint density at radius 2 is 1.91 bits per heavy atom. The van der Waals surface area contributed by atoms with Gasteiger partial charge in [-0.25, -0.2) is 4.79 Å². The Hall–Kier alpha value is -1.26. The molecule has 3 rings (SSSR count). The van der Waals surface area contributed by atoms with Gasteiger partial charge in [0.25, 0.3) is 0 Å². The Bertz CT molecular complexity index is 666. The summed E-state index contributed by atoms with van der Waals surface area (Å²) in [7, 11) is 0. The van der Waals surface area contributed by atoms with Crippen molar-refractivity contribution >= 4 is 35.1 Å². The van der Waals surface area contributed by atoms with Gasteiger partial charge in [0.05, 0.1) is 5.41 Å². The van der Waals surface area contributed by atoms with Gasteiger partial charge < -0.3 is 10.4 Å². The first-order valence-corrected chi connectivity index (χ1v) is 8.51. The summed E-state index contributed by atoms with van der Waals surface area (Å²) in [6.45, 7) is 2.05. The Morgan fingerprint density at radius 1 is 1.26 bits per heavy atom. The van der Waals surface area contributed by atoms with E-state index < -0.39 is 17.4 Å². The van der Waals surface area contributed by atoms with Crippen LogP contribution in [0, 0.1) is 5.41 Å². The summed E-state index contributed by atoms with van der Waals surface area (Å²) in [6.07, 6.45) is 3.84. The van der Waals surface area contributed by atoms with Crippen molar-refractivity contribution in [1.82, 2.24) is 5.32 Å². The molecule has 4 nitrogen and oxygen atoms in total. The Morgan fingerprint density at radius 3 is 2.39 bits per heavy atom. The number of hydrogen-bond donors (Lipinski definition) is 2. The predicted octanol–water partition coefficient (Wildman–Crippen LogP) is 3.78. The van der Waals surface area contributed by atoms with Gasteiger partial charge in [-0.3, -0.25) is 4.79 Å². The summed E-state index contributed by atoms with van der Waals surface area (Å²) in [5.41, 5.74) is 0.0629. The minimum atomic E-state index is -0.982. The molecule has 2 fully saturated rings. The molecule has 2 aliphatic carbocycles. The van der Waals surface area contributed by atoms with Crippen LogP contribution in [0.25, 0.3) is 0 Å². The number of carboxylic acid groups (broad SMARTS) is 1. The van der Waals surface area contributed by atoms with E-state index in [0.29, 0.717) is 29.3 Å². The fourth-order valence-corrected chi connectivity index (χ4v) is 3.62. The highest BCUT2D eigenvalue weighted by molar-refractivity contribution is 6.35. The highest BCUT2D eigenvalue weighted by Gasteiger charge is 2.53. The van der Waals surface area contributed by atoms with Crippen LogP contribution in [0.3, 0.4) is 0 Å². The van der Waals surface area contributed by atoms with Gasteiger partial charge >= 0.3 is 5.97 Å². The normalized spacial score (nSPS) is 21.3. The summed E-state index contributed by atoms with van der Waals surface area (Å²) in [5.74, 6) is -1.23. The fourth-order valence-electron chi connectivity index (χ4n) is 3.03. The zero-order valence-electron chi connectivity index (χ0n) is 12.9. The van der Waals surface area contributed by atoms with Crippen molar-refractivity contribution in [3.8, 4) is 0 Å². The largest absolute Gasteiger partial charge is 0.480 e. The molecule has 2 aliphatic rings. The smallest absolute Gasteiger partial charge is 0.326 e. The molecular weight excluding hydrogens is 337 g/mol. The molecule has 0 radical (unpaired) electrons. The van der Waals surface area contributed by atoms with Crippen molar-refractivity contribution in [2.24, 2.45) is 5.41 Å². The zero-order valence-corrected chi connectivity index (χ0v) is 14.4. The maximum atomic E-state index is 12.7. The molecule has 2 saturated carbocycles. The molecule has 1 aromatic carbocycles. The lowest BCUT2D eigenvalue weighted by Gasteiger charge is -2.23. The molecule has 124 valence electrons. The molecule has 0 aromatic heterocycles. The number of rotatable bonds is 6. The molecular formula is C17H19Cl2NO3. The molecule has 0 unspecified atom stereocenters. The Kier molecular flexibility index (Phi) is 4.09. The third kappa shape index (κ3) is 3.33. The van der Waals surface area contributed by atoms with Crippen molar-refractivity contribution in [2.45, 2.75) is 50.5 Å². The molecule has 1 atom stereocenters. The van der Waals surface area contributed by atoms with Gasteiger partial charge in [-0.2, -0.15) is 0 Å². The number of nitrogens with one attached hydrogen (secondary N) is 1. The molecule has 1 aromatic rings. The highest BCUT2D eigenvalue weighted by atomic mass is 35.5. The average Bonchev–Trinajstić information content (AvgIpc) is 3.36. The second-order valence-electron chi connectivity index (χ2n) is 7.09. The average molecular weight is 356 g/mol. The van der Waals surface area contributed by atoms with E-state index in [4.69, 9.17) is 23.2 Å². The van der Waals surface area contributed by atoms with E-state index >= 15 is 0 Å². The van der Waals surface area contributed by atoms with Gasteiger partial charge in [0.1, 0.15) is 6.04 Å². The molecule has 0 bridgehead atoms. The number of carbonyl (C=O) groups is 2. The number of amides is 1. The lowest BCUT2D eigenvalue weighted by atomic mass is 9.93. The van der Waals surface area contributed by atoms with E-state index in [2.05, 4.69) is 12.2 Å². The summed E-state index contributed by atoms with van der Waals surface area (Å²) in [5, 5.41) is 13.1. The molecule has 23 heavy (non-hydrogen) atoms. The quantitative estimate of drug-likeness (QED) is 0.815. The third-order valence-corrected chi connectivity index (χ3v) is 5.58. The molecule has 0 saturated heterocycles. The van der Waals surface area contributed by atoms with Crippen LogP contribution in [0.2, 0.25) is 10.0 Å². The predicted molar refractivity (Wildman–Crippen MR) is 88.9 cm³/mol. The van der Waals surface area contributed by atoms with Crippen LogP contribution in [0.4, 0.5) is 0 Å². The van der Waals surface area contributed by atoms with Crippen LogP contribution in [0.1, 0.15) is 44.6 Å². The monoisotopic (exact) mass is 355 g/mol. The molecule has 1 amide bonds. The number of carboxylic acids is 1. The second-order valence-corrected chi connectivity index (χ2v) is 7.93. The van der Waals surface area contributed by atoms with E-state index in [1.54, 1.807) is 18.2 Å². The van der Waals surface area contributed by atoms with Gasteiger partial charge in [-0.15, -0.1) is 0 Å². The maximum Gasteiger partial charge on any atom is 0.326 e. The first-order valence-electron chi connectivity index (χ1n) is 7.75. The Balaban J connectivity index is 1.77. The highest BCUT2D eigenvalue weighted by Crippen LogP contribution is 2.52.